The quantitative estimate of drug-likeness (QED) is 0.411. The van der Waals surface area contributed by atoms with Gasteiger partial charge in [-0.05, 0) is 44.9 Å². The Balaban J connectivity index is 0.000000842. The zero-order valence-corrected chi connectivity index (χ0v) is 22.3. The van der Waals surface area contributed by atoms with Gasteiger partial charge in [0.15, 0.2) is 0 Å². The van der Waals surface area contributed by atoms with Crippen LogP contribution in [0, 0.1) is 0 Å². The molecule has 1 atom stereocenters. The molecule has 0 bridgehead atoms. The van der Waals surface area contributed by atoms with Crippen molar-refractivity contribution in [3.8, 4) is 5.75 Å². The van der Waals surface area contributed by atoms with Gasteiger partial charge in [-0.3, -0.25) is 4.79 Å². The van der Waals surface area contributed by atoms with Crippen molar-refractivity contribution in [2.45, 2.75) is 52.9 Å². The van der Waals surface area contributed by atoms with Crippen LogP contribution in [0.2, 0.25) is 0 Å². The van der Waals surface area contributed by atoms with Crippen LogP contribution < -0.4 is 40.3 Å². The normalized spacial score (nSPS) is 10.5. The summed E-state index contributed by atoms with van der Waals surface area (Å²) < 4.78 is 5.33. The summed E-state index contributed by atoms with van der Waals surface area (Å²) in [5.41, 5.74) is 0.635. The first kappa shape index (κ1) is 31.3. The largest absolute Gasteiger partial charge is 1.00 e. The number of hydrogen-bond donors (Lipinski definition) is 1. The Morgan fingerprint density at radius 3 is 1.97 bits per heavy atom. The van der Waals surface area contributed by atoms with Crippen LogP contribution in [-0.4, -0.2) is 22.6 Å². The van der Waals surface area contributed by atoms with Crippen LogP contribution >= 0.6 is 0 Å². The molecule has 1 unspecified atom stereocenters. The summed E-state index contributed by atoms with van der Waals surface area (Å²) in [6, 6.07) is 16.0. The number of aliphatic carboxylic acids is 1. The molecule has 1 heterocycles. The van der Waals surface area contributed by atoms with E-state index in [1.165, 1.54) is 20.8 Å². The van der Waals surface area contributed by atoms with E-state index in [0.717, 1.165) is 5.56 Å². The van der Waals surface area contributed by atoms with E-state index in [-0.39, 0.29) is 65.3 Å². The molecule has 0 spiro atoms. The molecule has 3 aromatic rings. The predicted octanol–water partition coefficient (Wildman–Crippen LogP) is 0.745. The third-order valence-electron chi connectivity index (χ3n) is 4.32. The van der Waals surface area contributed by atoms with Crippen LogP contribution in [0.15, 0.2) is 63.8 Å². The van der Waals surface area contributed by atoms with E-state index in [4.69, 9.17) is 4.42 Å². The maximum absolute atomic E-state index is 12.4. The SMILES string of the molecule is CC(=O)CC(c1ccccc1)c1c(O)c2ccccc2oc1=O.CC(C)=O.CCCC(=O)[O-].[Na+]. The van der Waals surface area contributed by atoms with Crippen LogP contribution in [0.4, 0.5) is 0 Å². The number of benzene rings is 2. The molecule has 0 amide bonds. The van der Waals surface area contributed by atoms with E-state index in [1.54, 1.807) is 31.2 Å². The second kappa shape index (κ2) is 16.0. The first-order chi connectivity index (χ1) is 15.6. The Hall–Kier alpha value is -2.74. The van der Waals surface area contributed by atoms with E-state index in [2.05, 4.69) is 0 Å². The van der Waals surface area contributed by atoms with Crippen molar-refractivity contribution >= 4 is 28.5 Å². The van der Waals surface area contributed by atoms with E-state index in [1.807, 2.05) is 30.3 Å². The molecule has 2 aromatic carbocycles. The van der Waals surface area contributed by atoms with Gasteiger partial charge in [-0.2, -0.15) is 0 Å². The first-order valence-corrected chi connectivity index (χ1v) is 10.5. The number of fused-ring (bicyclic) bond motifs is 1. The van der Waals surface area contributed by atoms with Crippen molar-refractivity contribution in [1.82, 2.24) is 0 Å². The molecule has 3 rings (SSSR count). The molecule has 0 aliphatic carbocycles. The topological polar surface area (TPSA) is 125 Å². The smallest absolute Gasteiger partial charge is 0.550 e. The standard InChI is InChI=1S/C19H16O4.C4H8O2.C3H6O.Na/c1-12(20)11-15(13-7-3-2-4-8-13)17-18(21)14-9-5-6-10-16(14)23-19(17)22;1-2-3-4(5)6;1-3(2)4;/h2-10,15,21H,11H2,1H3;2-3H2,1H3,(H,5,6);1-2H3;/q;;;+1/p-1. The Morgan fingerprint density at radius 2 is 1.50 bits per heavy atom. The first-order valence-electron chi connectivity index (χ1n) is 10.5. The molecule has 0 radical (unpaired) electrons. The van der Waals surface area contributed by atoms with Gasteiger partial charge in [-0.15, -0.1) is 0 Å². The van der Waals surface area contributed by atoms with Crippen molar-refractivity contribution < 1.29 is 58.6 Å². The third-order valence-corrected chi connectivity index (χ3v) is 4.32. The Morgan fingerprint density at radius 1 is 0.971 bits per heavy atom. The van der Waals surface area contributed by atoms with Crippen molar-refractivity contribution in [3.63, 3.8) is 0 Å². The second-order valence-electron chi connectivity index (χ2n) is 7.55. The summed E-state index contributed by atoms with van der Waals surface area (Å²) in [6.45, 7) is 6.32. The van der Waals surface area contributed by atoms with Gasteiger partial charge in [0.1, 0.15) is 22.9 Å². The minimum atomic E-state index is -0.961. The molecular formula is C26H29NaO7. The molecule has 0 fully saturated rings. The number of carbonyl (C=O) groups excluding carboxylic acids is 3. The number of hydrogen-bond acceptors (Lipinski definition) is 7. The fourth-order valence-corrected chi connectivity index (χ4v) is 3.02. The number of ketones is 2. The molecule has 7 nitrogen and oxygen atoms in total. The summed E-state index contributed by atoms with van der Waals surface area (Å²) in [5.74, 6) is -1.51. The van der Waals surface area contributed by atoms with Gasteiger partial charge in [0.25, 0.3) is 0 Å². The zero-order valence-electron chi connectivity index (χ0n) is 20.3. The van der Waals surface area contributed by atoms with Crippen molar-refractivity contribution in [2.24, 2.45) is 0 Å². The van der Waals surface area contributed by atoms with Gasteiger partial charge in [-0.25, -0.2) is 4.79 Å². The average Bonchev–Trinajstić information content (AvgIpc) is 2.73. The number of carboxylic acids is 1. The van der Waals surface area contributed by atoms with E-state index in [9.17, 15) is 29.4 Å². The minimum absolute atomic E-state index is 0. The van der Waals surface area contributed by atoms with Crippen LogP contribution in [0.5, 0.6) is 5.75 Å². The number of rotatable bonds is 6. The molecule has 0 saturated carbocycles. The number of para-hydroxylation sites is 1. The zero-order chi connectivity index (χ0) is 25.0. The van der Waals surface area contributed by atoms with Gasteiger partial charge in [0.05, 0.1) is 10.9 Å². The summed E-state index contributed by atoms with van der Waals surface area (Å²) in [7, 11) is 0. The molecule has 0 saturated heterocycles. The number of carbonyl (C=O) groups is 3. The Bertz CT molecular complexity index is 1130. The van der Waals surface area contributed by atoms with E-state index >= 15 is 0 Å². The third kappa shape index (κ3) is 10.5. The Labute approximate surface area is 221 Å². The van der Waals surface area contributed by atoms with Crippen molar-refractivity contribution in [3.05, 3.63) is 76.1 Å². The van der Waals surface area contributed by atoms with Gasteiger partial charge in [-0.1, -0.05) is 55.8 Å². The number of carboxylic acid groups (broad SMARTS) is 1. The van der Waals surface area contributed by atoms with Gasteiger partial charge in [0, 0.05) is 18.3 Å². The monoisotopic (exact) mass is 476 g/mol. The van der Waals surface area contributed by atoms with Crippen LogP contribution in [0.1, 0.15) is 64.0 Å². The van der Waals surface area contributed by atoms with Gasteiger partial charge >= 0.3 is 35.2 Å². The fourth-order valence-electron chi connectivity index (χ4n) is 3.02. The van der Waals surface area contributed by atoms with E-state index < -0.39 is 17.5 Å². The van der Waals surface area contributed by atoms with Crippen LogP contribution in [0.25, 0.3) is 11.0 Å². The summed E-state index contributed by atoms with van der Waals surface area (Å²) >= 11 is 0. The van der Waals surface area contributed by atoms with Crippen molar-refractivity contribution in [2.75, 3.05) is 0 Å². The molecule has 0 aliphatic heterocycles. The average molecular weight is 477 g/mol. The maximum atomic E-state index is 12.4. The molecule has 176 valence electrons. The second-order valence-corrected chi connectivity index (χ2v) is 7.55. The van der Waals surface area contributed by atoms with Crippen molar-refractivity contribution in [1.29, 1.82) is 0 Å². The summed E-state index contributed by atoms with van der Waals surface area (Å²) in [6.07, 6.45) is 0.975. The van der Waals surface area contributed by atoms with Gasteiger partial charge in [0.2, 0.25) is 0 Å². The molecule has 1 aromatic heterocycles. The molecule has 0 aliphatic rings. The molecule has 8 heteroatoms. The van der Waals surface area contributed by atoms with Crippen LogP contribution in [0.3, 0.4) is 0 Å². The number of Topliss-reactive ketones (excluding diaryl/α,β-unsaturated/α-hetero) is 2. The maximum Gasteiger partial charge on any atom is 1.00 e. The molecule has 34 heavy (non-hydrogen) atoms. The Kier molecular flexibility index (Phi) is 14.7. The molecular weight excluding hydrogens is 447 g/mol. The van der Waals surface area contributed by atoms with E-state index in [0.29, 0.717) is 17.4 Å². The van der Waals surface area contributed by atoms with Crippen LogP contribution in [-0.2, 0) is 14.4 Å². The summed E-state index contributed by atoms with van der Waals surface area (Å²) in [5, 5.41) is 20.6. The van der Waals surface area contributed by atoms with Gasteiger partial charge < -0.3 is 24.2 Å². The fraction of sp³-hybridized carbons (Fsp3) is 0.308. The minimum Gasteiger partial charge on any atom is -0.550 e. The molecule has 1 N–H and O–H groups in total. The number of aromatic hydroxyl groups is 1. The summed E-state index contributed by atoms with van der Waals surface area (Å²) in [4.78, 5) is 43.0. The predicted molar refractivity (Wildman–Crippen MR) is 124 cm³/mol.